The van der Waals surface area contributed by atoms with E-state index in [0.717, 1.165) is 13.0 Å². The Morgan fingerprint density at radius 1 is 1.14 bits per heavy atom. The Morgan fingerprint density at radius 2 is 1.77 bits per heavy atom. The molecule has 118 valence electrons. The molecule has 0 aliphatic carbocycles. The number of hydrogen-bond donors (Lipinski definition) is 1. The lowest BCUT2D eigenvalue weighted by molar-refractivity contribution is 0.510. The van der Waals surface area contributed by atoms with Crippen LogP contribution in [-0.4, -0.2) is 4.57 Å². The van der Waals surface area contributed by atoms with Crippen molar-refractivity contribution in [2.75, 3.05) is 0 Å². The van der Waals surface area contributed by atoms with Gasteiger partial charge in [0.05, 0.1) is 11.6 Å². The van der Waals surface area contributed by atoms with Crippen molar-refractivity contribution in [1.29, 1.82) is 10.7 Å². The third kappa shape index (κ3) is 6.73. The van der Waals surface area contributed by atoms with Crippen LogP contribution in [0.3, 0.4) is 0 Å². The maximum atomic E-state index is 8.29. The summed E-state index contributed by atoms with van der Waals surface area (Å²) >= 11 is 1.61. The Kier molecular flexibility index (Phi) is 7.62. The van der Waals surface area contributed by atoms with Gasteiger partial charge in [-0.3, -0.25) is 5.41 Å². The summed E-state index contributed by atoms with van der Waals surface area (Å²) in [6, 6.07) is 11.2. The zero-order chi connectivity index (χ0) is 16.5. The highest BCUT2D eigenvalue weighted by molar-refractivity contribution is 7.09. The van der Waals surface area contributed by atoms with Gasteiger partial charge in [-0.25, -0.2) is 0 Å². The summed E-state index contributed by atoms with van der Waals surface area (Å²) in [5.41, 5.74) is 0.715. The van der Waals surface area contributed by atoms with E-state index >= 15 is 0 Å². The summed E-state index contributed by atoms with van der Waals surface area (Å²) in [5.74, 6) is 1.30. The van der Waals surface area contributed by atoms with Crippen molar-refractivity contribution < 1.29 is 0 Å². The molecule has 0 spiro atoms. The van der Waals surface area contributed by atoms with Gasteiger partial charge < -0.3 is 4.57 Å². The molecule has 0 saturated carbocycles. The lowest BCUT2D eigenvalue weighted by Gasteiger charge is -2.05. The standard InChI is InChI=1S/C11H20N2S.C7H5N/c1-8(2)5-10-7-13(6-9(3)4)11(12)14-10;8-6-7-4-2-1-3-5-7/h7-9,12H,5-6H2,1-4H3;1-5H. The van der Waals surface area contributed by atoms with Crippen molar-refractivity contribution >= 4 is 11.3 Å². The first-order valence-corrected chi connectivity index (χ1v) is 8.43. The van der Waals surface area contributed by atoms with Crippen molar-refractivity contribution in [3.63, 3.8) is 0 Å². The number of thiazole rings is 1. The molecular weight excluding hydrogens is 290 g/mol. The topological polar surface area (TPSA) is 52.6 Å². The van der Waals surface area contributed by atoms with Gasteiger partial charge in [-0.1, -0.05) is 45.9 Å². The second-order valence-electron chi connectivity index (χ2n) is 6.12. The summed E-state index contributed by atoms with van der Waals surface area (Å²) < 4.78 is 2.06. The van der Waals surface area contributed by atoms with Crippen LogP contribution in [0.1, 0.15) is 38.1 Å². The second-order valence-corrected chi connectivity index (χ2v) is 7.24. The molecule has 0 amide bonds. The molecule has 2 aromatic rings. The molecule has 0 aliphatic heterocycles. The first-order chi connectivity index (χ1) is 10.4. The summed E-state index contributed by atoms with van der Waals surface area (Å²) in [7, 11) is 0. The van der Waals surface area contributed by atoms with Crippen LogP contribution in [0, 0.1) is 28.6 Å². The second kappa shape index (κ2) is 9.22. The van der Waals surface area contributed by atoms with Crippen LogP contribution < -0.4 is 4.80 Å². The predicted octanol–water partition coefficient (Wildman–Crippen LogP) is 4.44. The van der Waals surface area contributed by atoms with Crippen molar-refractivity contribution in [3.05, 3.63) is 51.8 Å². The van der Waals surface area contributed by atoms with Crippen LogP contribution in [0.5, 0.6) is 0 Å². The molecule has 1 aromatic heterocycles. The minimum absolute atomic E-state index is 0.616. The van der Waals surface area contributed by atoms with E-state index in [2.05, 4.69) is 38.5 Å². The normalized spacial score (nSPS) is 10.2. The van der Waals surface area contributed by atoms with Crippen LogP contribution in [0.25, 0.3) is 0 Å². The highest BCUT2D eigenvalue weighted by atomic mass is 32.1. The molecule has 0 aliphatic rings. The Hall–Kier alpha value is -1.86. The van der Waals surface area contributed by atoms with Crippen molar-refractivity contribution in [2.24, 2.45) is 11.8 Å². The van der Waals surface area contributed by atoms with E-state index in [9.17, 15) is 0 Å². The van der Waals surface area contributed by atoms with E-state index in [1.54, 1.807) is 23.5 Å². The lowest BCUT2D eigenvalue weighted by Crippen LogP contribution is -2.15. The van der Waals surface area contributed by atoms with E-state index < -0.39 is 0 Å². The predicted molar refractivity (Wildman–Crippen MR) is 92.7 cm³/mol. The van der Waals surface area contributed by atoms with Crippen LogP contribution in [0.15, 0.2) is 36.5 Å². The van der Waals surface area contributed by atoms with Gasteiger partial charge in [0.15, 0.2) is 4.80 Å². The third-order valence-electron chi connectivity index (χ3n) is 2.86. The van der Waals surface area contributed by atoms with E-state index in [-0.39, 0.29) is 0 Å². The van der Waals surface area contributed by atoms with Crippen LogP contribution in [0.4, 0.5) is 0 Å². The zero-order valence-electron chi connectivity index (χ0n) is 13.8. The molecule has 1 aromatic carbocycles. The number of nitrogens with zero attached hydrogens (tertiary/aromatic N) is 2. The van der Waals surface area contributed by atoms with Gasteiger partial charge in [0.1, 0.15) is 0 Å². The molecular formula is C18H25N3S. The fourth-order valence-electron chi connectivity index (χ4n) is 1.98. The van der Waals surface area contributed by atoms with Gasteiger partial charge in [0.2, 0.25) is 0 Å². The van der Waals surface area contributed by atoms with Crippen LogP contribution in [-0.2, 0) is 13.0 Å². The number of aromatic nitrogens is 1. The molecule has 0 fully saturated rings. The van der Waals surface area contributed by atoms with Gasteiger partial charge in [-0.2, -0.15) is 5.26 Å². The molecule has 0 unspecified atom stereocenters. The smallest absolute Gasteiger partial charge is 0.182 e. The van der Waals surface area contributed by atoms with Crippen molar-refractivity contribution in [3.8, 4) is 6.07 Å². The number of hydrogen-bond acceptors (Lipinski definition) is 3. The Bertz CT molecular complexity index is 645. The van der Waals surface area contributed by atoms with E-state index in [4.69, 9.17) is 10.7 Å². The Labute approximate surface area is 137 Å². The summed E-state index contributed by atoms with van der Waals surface area (Å²) in [6.45, 7) is 9.78. The fourth-order valence-corrected chi connectivity index (χ4v) is 3.07. The molecule has 2 rings (SSSR count). The largest absolute Gasteiger partial charge is 0.324 e. The highest BCUT2D eigenvalue weighted by Gasteiger charge is 2.05. The molecule has 1 heterocycles. The summed E-state index contributed by atoms with van der Waals surface area (Å²) in [6.07, 6.45) is 3.24. The number of rotatable bonds is 4. The molecule has 3 nitrogen and oxygen atoms in total. The number of nitriles is 1. The molecule has 0 atom stereocenters. The third-order valence-corrected chi connectivity index (χ3v) is 3.82. The van der Waals surface area contributed by atoms with E-state index in [1.165, 1.54) is 4.88 Å². The average molecular weight is 315 g/mol. The minimum Gasteiger partial charge on any atom is -0.324 e. The quantitative estimate of drug-likeness (QED) is 0.891. The number of benzene rings is 1. The fraction of sp³-hybridized carbons (Fsp3) is 0.444. The molecule has 1 N–H and O–H groups in total. The average Bonchev–Trinajstić information content (AvgIpc) is 2.78. The lowest BCUT2D eigenvalue weighted by atomic mass is 10.1. The highest BCUT2D eigenvalue weighted by Crippen LogP contribution is 2.11. The molecule has 0 bridgehead atoms. The maximum absolute atomic E-state index is 8.29. The van der Waals surface area contributed by atoms with Crippen LogP contribution >= 0.6 is 11.3 Å². The summed E-state index contributed by atoms with van der Waals surface area (Å²) in [5, 5.41) is 16.1. The van der Waals surface area contributed by atoms with Gasteiger partial charge in [0, 0.05) is 17.6 Å². The van der Waals surface area contributed by atoms with Gasteiger partial charge in [-0.05, 0) is 30.4 Å². The Balaban J connectivity index is 0.000000255. The first-order valence-electron chi connectivity index (χ1n) is 7.61. The maximum Gasteiger partial charge on any atom is 0.182 e. The Morgan fingerprint density at radius 3 is 2.23 bits per heavy atom. The van der Waals surface area contributed by atoms with E-state index in [1.807, 2.05) is 24.3 Å². The van der Waals surface area contributed by atoms with Crippen molar-refractivity contribution in [1.82, 2.24) is 4.57 Å². The zero-order valence-corrected chi connectivity index (χ0v) is 14.7. The monoisotopic (exact) mass is 315 g/mol. The van der Waals surface area contributed by atoms with Crippen LogP contribution in [0.2, 0.25) is 0 Å². The van der Waals surface area contributed by atoms with E-state index in [0.29, 0.717) is 22.2 Å². The first kappa shape index (κ1) is 18.2. The number of nitrogens with one attached hydrogen (secondary N) is 1. The summed E-state index contributed by atoms with van der Waals surface area (Å²) in [4.78, 5) is 2.03. The van der Waals surface area contributed by atoms with Gasteiger partial charge in [-0.15, -0.1) is 11.3 Å². The molecule has 4 heteroatoms. The SMILES string of the molecule is CC(C)Cc1cn(CC(C)C)c(=N)s1.N#Cc1ccccc1. The van der Waals surface area contributed by atoms with Crippen molar-refractivity contribution in [2.45, 2.75) is 40.7 Å². The molecule has 22 heavy (non-hydrogen) atoms. The molecule has 0 radical (unpaired) electrons. The molecule has 0 saturated heterocycles. The van der Waals surface area contributed by atoms with Gasteiger partial charge in [0.25, 0.3) is 0 Å². The van der Waals surface area contributed by atoms with Gasteiger partial charge >= 0.3 is 0 Å². The minimum atomic E-state index is 0.616.